The van der Waals surface area contributed by atoms with Crippen LogP contribution in [0.25, 0.3) is 66.3 Å². The van der Waals surface area contributed by atoms with Crippen molar-refractivity contribution in [3.05, 3.63) is 116 Å². The van der Waals surface area contributed by atoms with E-state index in [1.165, 1.54) is 10.8 Å². The molecule has 5 aromatic heterocycles. The smallest absolute Gasteiger partial charge is 0.116 e. The van der Waals surface area contributed by atoms with Gasteiger partial charge in [-0.15, -0.1) is 0 Å². The summed E-state index contributed by atoms with van der Waals surface area (Å²) in [4.78, 5) is 14.7. The Morgan fingerprint density at radius 3 is 1.72 bits per heavy atom. The highest BCUT2D eigenvalue weighted by molar-refractivity contribution is 6.13. The standard InChI is InChI=1S/C31H19N5/c1-2-10-22(11-3-1)35-24-12-6-16-32-28(24)30-26(35)19-27-31(34-30)29-25(13-7-17-33-29)36(27)23-15-14-20-8-4-5-9-21(20)18-23/h1-19H. The number of para-hydroxylation sites is 1. The molecule has 0 aliphatic carbocycles. The van der Waals surface area contributed by atoms with E-state index in [4.69, 9.17) is 15.0 Å². The Morgan fingerprint density at radius 1 is 0.417 bits per heavy atom. The van der Waals surface area contributed by atoms with Gasteiger partial charge in [0.15, 0.2) is 0 Å². The SMILES string of the molecule is c1ccc(-n2c3cccnc3c3nc4c5ncccc5n(-c5ccc6ccccc6c5)c4cc32)cc1. The molecule has 0 unspecified atom stereocenters. The van der Waals surface area contributed by atoms with E-state index in [0.717, 1.165) is 55.5 Å². The third kappa shape index (κ3) is 2.62. The quantitative estimate of drug-likeness (QED) is 0.273. The Labute approximate surface area is 205 Å². The summed E-state index contributed by atoms with van der Waals surface area (Å²) >= 11 is 0. The van der Waals surface area contributed by atoms with E-state index < -0.39 is 0 Å². The third-order valence-corrected chi connectivity index (χ3v) is 6.97. The summed E-state index contributed by atoms with van der Waals surface area (Å²) in [5, 5.41) is 2.42. The summed E-state index contributed by atoms with van der Waals surface area (Å²) < 4.78 is 4.52. The molecule has 0 N–H and O–H groups in total. The molecular formula is C31H19N5. The molecular weight excluding hydrogens is 442 g/mol. The summed E-state index contributed by atoms with van der Waals surface area (Å²) in [5.74, 6) is 0. The van der Waals surface area contributed by atoms with Crippen LogP contribution in [0.15, 0.2) is 116 Å². The first-order valence-electron chi connectivity index (χ1n) is 12.0. The van der Waals surface area contributed by atoms with Crippen LogP contribution < -0.4 is 0 Å². The molecule has 0 aliphatic heterocycles. The molecule has 0 amide bonds. The van der Waals surface area contributed by atoms with Crippen molar-refractivity contribution in [2.75, 3.05) is 0 Å². The van der Waals surface area contributed by atoms with Gasteiger partial charge in [0.25, 0.3) is 0 Å². The first kappa shape index (κ1) is 19.3. The molecule has 0 fully saturated rings. The third-order valence-electron chi connectivity index (χ3n) is 6.97. The van der Waals surface area contributed by atoms with Gasteiger partial charge in [-0.25, -0.2) is 4.98 Å². The predicted octanol–water partition coefficient (Wildman–Crippen LogP) is 7.22. The molecule has 5 nitrogen and oxygen atoms in total. The van der Waals surface area contributed by atoms with Crippen molar-refractivity contribution in [3.63, 3.8) is 0 Å². The maximum Gasteiger partial charge on any atom is 0.116 e. The minimum absolute atomic E-state index is 0.879. The van der Waals surface area contributed by atoms with Gasteiger partial charge < -0.3 is 9.13 Å². The summed E-state index contributed by atoms with van der Waals surface area (Å²) in [6, 6.07) is 35.9. The van der Waals surface area contributed by atoms with E-state index >= 15 is 0 Å². The monoisotopic (exact) mass is 461 g/mol. The Hall–Kier alpha value is -5.03. The number of rotatable bonds is 2. The van der Waals surface area contributed by atoms with Crippen molar-refractivity contribution in [2.45, 2.75) is 0 Å². The summed E-state index contributed by atoms with van der Waals surface area (Å²) in [6.07, 6.45) is 3.67. The van der Waals surface area contributed by atoms with Crippen LogP contribution in [0, 0.1) is 0 Å². The van der Waals surface area contributed by atoms with Crippen LogP contribution in [0.3, 0.4) is 0 Å². The number of nitrogens with zero attached hydrogens (tertiary/aromatic N) is 5. The first-order chi connectivity index (χ1) is 17.9. The zero-order chi connectivity index (χ0) is 23.6. The van der Waals surface area contributed by atoms with Crippen molar-refractivity contribution in [1.82, 2.24) is 24.1 Å². The van der Waals surface area contributed by atoms with Gasteiger partial charge >= 0.3 is 0 Å². The molecule has 0 aliphatic rings. The molecule has 0 saturated carbocycles. The van der Waals surface area contributed by atoms with Crippen LogP contribution in [0.2, 0.25) is 0 Å². The van der Waals surface area contributed by atoms with Gasteiger partial charge in [-0.05, 0) is 65.4 Å². The van der Waals surface area contributed by atoms with Gasteiger partial charge in [0, 0.05) is 23.8 Å². The Bertz CT molecular complexity index is 2100. The molecule has 3 aromatic carbocycles. The zero-order valence-corrected chi connectivity index (χ0v) is 19.2. The molecule has 5 heteroatoms. The molecule has 36 heavy (non-hydrogen) atoms. The maximum atomic E-state index is 5.22. The Morgan fingerprint density at radius 2 is 1.03 bits per heavy atom. The molecule has 0 radical (unpaired) electrons. The van der Waals surface area contributed by atoms with Gasteiger partial charge in [0.2, 0.25) is 0 Å². The fourth-order valence-electron chi connectivity index (χ4n) is 5.41. The highest BCUT2D eigenvalue weighted by atomic mass is 15.1. The highest BCUT2D eigenvalue weighted by Gasteiger charge is 2.20. The van der Waals surface area contributed by atoms with E-state index in [-0.39, 0.29) is 0 Å². The molecule has 5 heterocycles. The highest BCUT2D eigenvalue weighted by Crippen LogP contribution is 2.36. The van der Waals surface area contributed by atoms with Gasteiger partial charge in [-0.2, -0.15) is 0 Å². The maximum absolute atomic E-state index is 5.22. The van der Waals surface area contributed by atoms with Gasteiger partial charge in [0.05, 0.1) is 22.1 Å². The summed E-state index contributed by atoms with van der Waals surface area (Å²) in [6.45, 7) is 0. The van der Waals surface area contributed by atoms with Crippen LogP contribution in [-0.4, -0.2) is 24.1 Å². The minimum atomic E-state index is 0.879. The lowest BCUT2D eigenvalue weighted by atomic mass is 10.1. The second-order valence-electron chi connectivity index (χ2n) is 9.00. The number of hydrogen-bond acceptors (Lipinski definition) is 3. The molecule has 0 saturated heterocycles. The second-order valence-corrected chi connectivity index (χ2v) is 9.00. The lowest BCUT2D eigenvalue weighted by molar-refractivity contribution is 1.16. The Balaban J connectivity index is 1.55. The van der Waals surface area contributed by atoms with E-state index in [1.54, 1.807) is 0 Å². The average molecular weight is 462 g/mol. The zero-order valence-electron chi connectivity index (χ0n) is 19.2. The number of benzene rings is 3. The molecule has 0 spiro atoms. The Kier molecular flexibility index (Phi) is 3.88. The second kappa shape index (κ2) is 7.23. The number of hydrogen-bond donors (Lipinski definition) is 0. The molecule has 8 rings (SSSR count). The topological polar surface area (TPSA) is 48.5 Å². The average Bonchev–Trinajstić information content (AvgIpc) is 3.44. The normalized spacial score (nSPS) is 11.9. The molecule has 0 atom stereocenters. The van der Waals surface area contributed by atoms with Crippen molar-refractivity contribution < 1.29 is 0 Å². The lowest BCUT2D eigenvalue weighted by Gasteiger charge is -2.10. The minimum Gasteiger partial charge on any atom is -0.306 e. The first-order valence-corrected chi connectivity index (χ1v) is 12.0. The van der Waals surface area contributed by atoms with E-state index in [0.29, 0.717) is 0 Å². The molecule has 168 valence electrons. The largest absolute Gasteiger partial charge is 0.306 e. The molecule has 0 bridgehead atoms. The van der Waals surface area contributed by atoms with E-state index in [2.05, 4.69) is 94.1 Å². The molecule has 8 aromatic rings. The van der Waals surface area contributed by atoms with Gasteiger partial charge in [-0.3, -0.25) is 9.97 Å². The van der Waals surface area contributed by atoms with E-state index in [9.17, 15) is 0 Å². The van der Waals surface area contributed by atoms with Crippen LogP contribution >= 0.6 is 0 Å². The summed E-state index contributed by atoms with van der Waals surface area (Å²) in [7, 11) is 0. The van der Waals surface area contributed by atoms with Crippen molar-refractivity contribution >= 4 is 54.9 Å². The lowest BCUT2D eigenvalue weighted by Crippen LogP contribution is -1.96. The fraction of sp³-hybridized carbons (Fsp3) is 0. The van der Waals surface area contributed by atoms with Crippen molar-refractivity contribution in [2.24, 2.45) is 0 Å². The summed E-state index contributed by atoms with van der Waals surface area (Å²) in [5.41, 5.74) is 9.81. The van der Waals surface area contributed by atoms with Crippen molar-refractivity contribution in [3.8, 4) is 11.4 Å². The van der Waals surface area contributed by atoms with Crippen LogP contribution in [0.5, 0.6) is 0 Å². The van der Waals surface area contributed by atoms with Crippen LogP contribution in [0.4, 0.5) is 0 Å². The van der Waals surface area contributed by atoms with E-state index in [1.807, 2.05) is 30.6 Å². The fourth-order valence-corrected chi connectivity index (χ4v) is 5.41. The number of aromatic nitrogens is 5. The predicted molar refractivity (Wildman–Crippen MR) is 146 cm³/mol. The van der Waals surface area contributed by atoms with Crippen molar-refractivity contribution in [1.29, 1.82) is 0 Å². The van der Waals surface area contributed by atoms with Gasteiger partial charge in [0.1, 0.15) is 22.1 Å². The number of pyridine rings is 3. The number of fused-ring (bicyclic) bond motifs is 7. The van der Waals surface area contributed by atoms with Gasteiger partial charge in [-0.1, -0.05) is 48.5 Å². The van der Waals surface area contributed by atoms with Crippen LogP contribution in [0.1, 0.15) is 0 Å². The van der Waals surface area contributed by atoms with Crippen LogP contribution in [-0.2, 0) is 0 Å².